The zero-order valence-electron chi connectivity index (χ0n) is 13.6. The molecule has 1 aromatic carbocycles. The van der Waals surface area contributed by atoms with Crippen LogP contribution in [0.2, 0.25) is 0 Å². The van der Waals surface area contributed by atoms with Crippen molar-refractivity contribution in [3.8, 4) is 5.75 Å². The van der Waals surface area contributed by atoms with Crippen molar-refractivity contribution in [3.05, 3.63) is 54.2 Å². The summed E-state index contributed by atoms with van der Waals surface area (Å²) >= 11 is 0. The summed E-state index contributed by atoms with van der Waals surface area (Å²) < 4.78 is 23.4. The minimum absolute atomic E-state index is 0.0564. The van der Waals surface area contributed by atoms with Gasteiger partial charge in [0.2, 0.25) is 11.8 Å². The monoisotopic (exact) mass is 346 g/mol. The second kappa shape index (κ2) is 7.83. The lowest BCUT2D eigenvalue weighted by molar-refractivity contribution is -0.129. The highest BCUT2D eigenvalue weighted by Gasteiger charge is 2.34. The molecule has 1 N–H and O–H groups in total. The molecule has 0 saturated carbocycles. The van der Waals surface area contributed by atoms with Crippen LogP contribution in [0.1, 0.15) is 12.2 Å². The number of hydrogen-bond donors (Lipinski definition) is 1. The molecule has 2 amide bonds. The third kappa shape index (κ3) is 4.59. The number of hydrogen-bond acceptors (Lipinski definition) is 4. The summed E-state index contributed by atoms with van der Waals surface area (Å²) in [6.07, 6.45) is 1.76. The molecule has 0 spiro atoms. The first-order chi connectivity index (χ1) is 12.1. The van der Waals surface area contributed by atoms with Gasteiger partial charge in [-0.05, 0) is 36.4 Å². The molecule has 2 aromatic rings. The normalized spacial score (nSPS) is 16.9. The number of rotatable bonds is 7. The maximum atomic E-state index is 12.8. The smallest absolute Gasteiger partial charge is 0.225 e. The van der Waals surface area contributed by atoms with Crippen molar-refractivity contribution >= 4 is 11.8 Å². The Labute approximate surface area is 144 Å². The van der Waals surface area contributed by atoms with Gasteiger partial charge in [0.15, 0.2) is 0 Å². The summed E-state index contributed by atoms with van der Waals surface area (Å²) in [6, 6.07) is 9.24. The standard InChI is InChI=1S/C18H19FN2O4/c19-14-3-5-15(6-4-14)25-9-7-20-18(23)13-10-17(22)21(11-13)12-16-2-1-8-24-16/h1-6,8,13H,7,9-12H2,(H,20,23)/t13-/m1/s1. The fraction of sp³-hybridized carbons (Fsp3) is 0.333. The molecule has 3 rings (SSSR count). The predicted octanol–water partition coefficient (Wildman–Crippen LogP) is 1.96. The third-order valence-corrected chi connectivity index (χ3v) is 4.00. The maximum absolute atomic E-state index is 12.8. The van der Waals surface area contributed by atoms with Crippen molar-refractivity contribution in [2.45, 2.75) is 13.0 Å². The number of furan rings is 1. The Hall–Kier alpha value is -2.83. The van der Waals surface area contributed by atoms with Gasteiger partial charge in [0.1, 0.15) is 23.9 Å². The molecule has 132 valence electrons. The first-order valence-corrected chi connectivity index (χ1v) is 8.08. The van der Waals surface area contributed by atoms with Crippen LogP contribution in [0, 0.1) is 11.7 Å². The number of carbonyl (C=O) groups excluding carboxylic acids is 2. The van der Waals surface area contributed by atoms with Crippen LogP contribution in [0.3, 0.4) is 0 Å². The van der Waals surface area contributed by atoms with E-state index in [0.29, 0.717) is 31.1 Å². The lowest BCUT2D eigenvalue weighted by Crippen LogP contribution is -2.35. The highest BCUT2D eigenvalue weighted by Crippen LogP contribution is 2.20. The van der Waals surface area contributed by atoms with Crippen LogP contribution in [-0.2, 0) is 16.1 Å². The van der Waals surface area contributed by atoms with Gasteiger partial charge in [-0.2, -0.15) is 0 Å². The number of carbonyl (C=O) groups is 2. The van der Waals surface area contributed by atoms with E-state index in [0.717, 1.165) is 0 Å². The number of likely N-dealkylation sites (tertiary alicyclic amines) is 1. The van der Waals surface area contributed by atoms with E-state index in [-0.39, 0.29) is 36.6 Å². The summed E-state index contributed by atoms with van der Waals surface area (Å²) in [5.74, 6) is 0.314. The number of halogens is 1. The lowest BCUT2D eigenvalue weighted by atomic mass is 10.1. The van der Waals surface area contributed by atoms with Crippen molar-refractivity contribution in [3.63, 3.8) is 0 Å². The Balaban J connectivity index is 1.39. The molecule has 2 heterocycles. The Morgan fingerprint density at radius 1 is 1.32 bits per heavy atom. The molecule has 1 atom stereocenters. The molecule has 0 bridgehead atoms. The highest BCUT2D eigenvalue weighted by molar-refractivity contribution is 5.89. The molecule has 6 nitrogen and oxygen atoms in total. The molecule has 7 heteroatoms. The molecule has 25 heavy (non-hydrogen) atoms. The molecule has 1 aliphatic rings. The number of nitrogens with one attached hydrogen (secondary N) is 1. The molecule has 1 aliphatic heterocycles. The van der Waals surface area contributed by atoms with E-state index in [1.807, 2.05) is 0 Å². The van der Waals surface area contributed by atoms with E-state index in [1.165, 1.54) is 24.3 Å². The SMILES string of the molecule is O=C(NCCOc1ccc(F)cc1)[C@@H]1CC(=O)N(Cc2ccco2)C1. The van der Waals surface area contributed by atoms with Gasteiger partial charge in [-0.25, -0.2) is 4.39 Å². The first-order valence-electron chi connectivity index (χ1n) is 8.08. The van der Waals surface area contributed by atoms with Crippen molar-refractivity contribution < 1.29 is 23.1 Å². The van der Waals surface area contributed by atoms with E-state index in [1.54, 1.807) is 23.3 Å². The highest BCUT2D eigenvalue weighted by atomic mass is 19.1. The van der Waals surface area contributed by atoms with E-state index < -0.39 is 0 Å². The molecule has 1 fully saturated rings. The van der Waals surface area contributed by atoms with Gasteiger partial charge in [-0.15, -0.1) is 0 Å². The Bertz CT molecular complexity index is 715. The lowest BCUT2D eigenvalue weighted by Gasteiger charge is -2.15. The van der Waals surface area contributed by atoms with Crippen LogP contribution in [0.5, 0.6) is 5.75 Å². The van der Waals surface area contributed by atoms with Crippen molar-refractivity contribution in [1.82, 2.24) is 10.2 Å². The summed E-state index contributed by atoms with van der Waals surface area (Å²) in [5, 5.41) is 2.77. The average molecular weight is 346 g/mol. The van der Waals surface area contributed by atoms with Crippen LogP contribution in [0.15, 0.2) is 47.1 Å². The van der Waals surface area contributed by atoms with Gasteiger partial charge in [-0.1, -0.05) is 0 Å². The van der Waals surface area contributed by atoms with Gasteiger partial charge in [0.25, 0.3) is 0 Å². The van der Waals surface area contributed by atoms with Gasteiger partial charge >= 0.3 is 0 Å². The van der Waals surface area contributed by atoms with Crippen LogP contribution < -0.4 is 10.1 Å². The Morgan fingerprint density at radius 3 is 2.84 bits per heavy atom. The van der Waals surface area contributed by atoms with Crippen molar-refractivity contribution in [2.24, 2.45) is 5.92 Å². The number of benzene rings is 1. The van der Waals surface area contributed by atoms with Gasteiger partial charge in [0.05, 0.1) is 25.3 Å². The summed E-state index contributed by atoms with van der Waals surface area (Å²) in [5.41, 5.74) is 0. The quantitative estimate of drug-likeness (QED) is 0.778. The fourth-order valence-corrected chi connectivity index (χ4v) is 2.71. The predicted molar refractivity (Wildman–Crippen MR) is 87.1 cm³/mol. The van der Waals surface area contributed by atoms with Gasteiger partial charge in [0, 0.05) is 13.0 Å². The summed E-state index contributed by atoms with van der Waals surface area (Å²) in [7, 11) is 0. The topological polar surface area (TPSA) is 71.8 Å². The van der Waals surface area contributed by atoms with Gasteiger partial charge in [-0.3, -0.25) is 9.59 Å². The average Bonchev–Trinajstić information content (AvgIpc) is 3.24. The van der Waals surface area contributed by atoms with E-state index in [4.69, 9.17) is 9.15 Å². The molecule has 1 aromatic heterocycles. The number of amides is 2. The first kappa shape index (κ1) is 17.0. The number of ether oxygens (including phenoxy) is 1. The second-order valence-electron chi connectivity index (χ2n) is 5.85. The molecule has 1 saturated heterocycles. The van der Waals surface area contributed by atoms with Crippen LogP contribution in [-0.4, -0.2) is 36.4 Å². The minimum Gasteiger partial charge on any atom is -0.492 e. The zero-order valence-corrected chi connectivity index (χ0v) is 13.6. The summed E-state index contributed by atoms with van der Waals surface area (Å²) in [6.45, 7) is 1.35. The summed E-state index contributed by atoms with van der Waals surface area (Å²) in [4.78, 5) is 25.8. The number of nitrogens with zero attached hydrogens (tertiary/aromatic N) is 1. The van der Waals surface area contributed by atoms with Crippen LogP contribution in [0.4, 0.5) is 4.39 Å². The maximum Gasteiger partial charge on any atom is 0.225 e. The van der Waals surface area contributed by atoms with E-state index >= 15 is 0 Å². The molecule has 0 unspecified atom stereocenters. The van der Waals surface area contributed by atoms with E-state index in [9.17, 15) is 14.0 Å². The zero-order chi connectivity index (χ0) is 17.6. The molecule has 0 aliphatic carbocycles. The van der Waals surface area contributed by atoms with E-state index in [2.05, 4.69) is 5.32 Å². The Morgan fingerprint density at radius 2 is 2.12 bits per heavy atom. The largest absolute Gasteiger partial charge is 0.492 e. The van der Waals surface area contributed by atoms with Crippen molar-refractivity contribution in [1.29, 1.82) is 0 Å². The van der Waals surface area contributed by atoms with Crippen LogP contribution in [0.25, 0.3) is 0 Å². The Kier molecular flexibility index (Phi) is 5.33. The molecular weight excluding hydrogens is 327 g/mol. The third-order valence-electron chi connectivity index (χ3n) is 4.00. The molecular formula is C18H19FN2O4. The van der Waals surface area contributed by atoms with Crippen molar-refractivity contribution in [2.75, 3.05) is 19.7 Å². The minimum atomic E-state index is -0.367. The van der Waals surface area contributed by atoms with Gasteiger partial charge < -0.3 is 19.4 Å². The molecule has 0 radical (unpaired) electrons. The fourth-order valence-electron chi connectivity index (χ4n) is 2.71. The second-order valence-corrected chi connectivity index (χ2v) is 5.85. The van der Waals surface area contributed by atoms with Crippen LogP contribution >= 0.6 is 0 Å².